The maximum atomic E-state index is 13.6. The van der Waals surface area contributed by atoms with Gasteiger partial charge in [0.25, 0.3) is 0 Å². The molecule has 12 nitrogen and oxygen atoms in total. The highest BCUT2D eigenvalue weighted by molar-refractivity contribution is 6.09. The predicted molar refractivity (Wildman–Crippen MR) is 131 cm³/mol. The third-order valence-electron chi connectivity index (χ3n) is 6.37. The van der Waals surface area contributed by atoms with Gasteiger partial charge in [0.15, 0.2) is 11.5 Å². The van der Waals surface area contributed by atoms with Crippen LogP contribution in [0.15, 0.2) is 18.1 Å². The van der Waals surface area contributed by atoms with Crippen LogP contribution in [0, 0.1) is 0 Å². The zero-order valence-electron chi connectivity index (χ0n) is 21.1. The zero-order chi connectivity index (χ0) is 28.9. The van der Waals surface area contributed by atoms with Crippen LogP contribution in [0.3, 0.4) is 0 Å². The Bertz CT molecular complexity index is 1470. The molecule has 1 amide bonds. The van der Waals surface area contributed by atoms with E-state index < -0.39 is 36.3 Å². The molecular formula is C22H26F5N11O. The van der Waals surface area contributed by atoms with Gasteiger partial charge in [-0.05, 0) is 6.42 Å². The van der Waals surface area contributed by atoms with Crippen LogP contribution in [0.25, 0.3) is 22.6 Å². The largest absolute Gasteiger partial charge is 0.453 e. The number of nitrogens with one attached hydrogen (secondary N) is 1. The van der Waals surface area contributed by atoms with Crippen LogP contribution in [-0.2, 0) is 23.7 Å². The first-order valence-electron chi connectivity index (χ1n) is 11.7. The Balaban J connectivity index is 1.85. The lowest BCUT2D eigenvalue weighted by molar-refractivity contribution is -0.284. The van der Waals surface area contributed by atoms with Gasteiger partial charge >= 0.3 is 12.1 Å². The van der Waals surface area contributed by atoms with Gasteiger partial charge in [0.05, 0.1) is 17.1 Å². The second kappa shape index (κ2) is 9.55. The van der Waals surface area contributed by atoms with E-state index in [0.717, 1.165) is 0 Å². The van der Waals surface area contributed by atoms with Gasteiger partial charge in [0.1, 0.15) is 28.6 Å². The molecule has 0 bridgehead atoms. The molecule has 1 aliphatic rings. The Morgan fingerprint density at radius 2 is 1.90 bits per heavy atom. The number of fused-ring (bicyclic) bond motifs is 2. The van der Waals surface area contributed by atoms with Gasteiger partial charge in [-0.3, -0.25) is 9.48 Å². The summed E-state index contributed by atoms with van der Waals surface area (Å²) < 4.78 is 66.6. The second-order valence-electron chi connectivity index (χ2n) is 9.21. The molecule has 0 fully saturated rings. The molecule has 0 saturated heterocycles. The van der Waals surface area contributed by atoms with Crippen molar-refractivity contribution in [3.63, 3.8) is 0 Å². The standard InChI is InChI=1S/C22H26F5N11O/c1-4-6-20(11(28)9-37(2)30)13-15(29)34-17(35-16(13)36-19(20)39)14-10-8-31-38(3)18(10)33-12(32-14)5-7-21(23,24)22(25,26)27/h8-9H,4-7,28,30H2,1-3H3,(H3,29,34,35,36,39)/b11-9-. The van der Waals surface area contributed by atoms with Crippen molar-refractivity contribution in [2.45, 2.75) is 50.1 Å². The summed E-state index contributed by atoms with van der Waals surface area (Å²) in [5, 5.41) is 8.21. The van der Waals surface area contributed by atoms with Crippen LogP contribution in [0.5, 0.6) is 0 Å². The number of nitrogens with two attached hydrogens (primary N) is 3. The SMILES string of the molecule is CCCC1(/C(N)=C/N(C)N)C(=O)Nc2nc(-c3nc(CCC(F)(F)C(F)(F)F)nc4c3cnn4C)nc(N)c21. The van der Waals surface area contributed by atoms with Gasteiger partial charge in [-0.25, -0.2) is 25.8 Å². The van der Waals surface area contributed by atoms with E-state index >= 15 is 0 Å². The molecule has 0 aromatic carbocycles. The van der Waals surface area contributed by atoms with E-state index in [4.69, 9.17) is 17.3 Å². The number of aryl methyl sites for hydroxylation is 2. The van der Waals surface area contributed by atoms with E-state index in [1.807, 2.05) is 6.92 Å². The minimum atomic E-state index is -5.72. The Labute approximate surface area is 218 Å². The van der Waals surface area contributed by atoms with Crippen molar-refractivity contribution >= 4 is 28.6 Å². The van der Waals surface area contributed by atoms with E-state index in [-0.39, 0.29) is 57.7 Å². The fourth-order valence-electron chi connectivity index (χ4n) is 4.55. The number of alkyl halides is 5. The molecule has 3 aromatic rings. The Morgan fingerprint density at radius 3 is 2.51 bits per heavy atom. The molecule has 1 atom stereocenters. The fourth-order valence-corrected chi connectivity index (χ4v) is 4.55. The first-order chi connectivity index (χ1) is 18.1. The van der Waals surface area contributed by atoms with Gasteiger partial charge in [-0.2, -0.15) is 27.1 Å². The first kappa shape index (κ1) is 27.9. The van der Waals surface area contributed by atoms with Crippen LogP contribution in [0.1, 0.15) is 37.6 Å². The van der Waals surface area contributed by atoms with Crippen molar-refractivity contribution in [2.24, 2.45) is 18.6 Å². The second-order valence-corrected chi connectivity index (χ2v) is 9.21. The lowest BCUT2D eigenvalue weighted by Crippen LogP contribution is -2.41. The van der Waals surface area contributed by atoms with Crippen LogP contribution in [-0.4, -0.2) is 59.8 Å². The summed E-state index contributed by atoms with van der Waals surface area (Å²) in [6, 6.07) is 0. The quantitative estimate of drug-likeness (QED) is 0.183. The molecule has 0 spiro atoms. The summed E-state index contributed by atoms with van der Waals surface area (Å²) in [7, 11) is 3.04. The number of rotatable bonds is 8. The summed E-state index contributed by atoms with van der Waals surface area (Å²) >= 11 is 0. The lowest BCUT2D eigenvalue weighted by Gasteiger charge is -2.28. The van der Waals surface area contributed by atoms with Gasteiger partial charge in [-0.15, -0.1) is 0 Å². The molecule has 17 heteroatoms. The highest BCUT2D eigenvalue weighted by Gasteiger charge is 2.57. The number of anilines is 2. The van der Waals surface area contributed by atoms with Crippen LogP contribution in [0.4, 0.5) is 33.6 Å². The number of amides is 1. The molecular weight excluding hydrogens is 529 g/mol. The van der Waals surface area contributed by atoms with Crippen molar-refractivity contribution in [3.8, 4) is 11.5 Å². The molecule has 4 rings (SSSR count). The van der Waals surface area contributed by atoms with Gasteiger partial charge < -0.3 is 21.8 Å². The minimum absolute atomic E-state index is 0.0135. The average molecular weight is 556 g/mol. The maximum Gasteiger partial charge on any atom is 0.453 e. The first-order valence-corrected chi connectivity index (χ1v) is 11.7. The predicted octanol–water partition coefficient (Wildman–Crippen LogP) is 2.13. The highest BCUT2D eigenvalue weighted by Crippen LogP contribution is 2.47. The van der Waals surface area contributed by atoms with E-state index in [2.05, 4.69) is 30.4 Å². The number of aromatic nitrogens is 6. The summed E-state index contributed by atoms with van der Waals surface area (Å²) in [4.78, 5) is 30.3. The monoisotopic (exact) mass is 555 g/mol. The van der Waals surface area contributed by atoms with E-state index in [1.54, 1.807) is 0 Å². The number of nitrogen functional groups attached to an aromatic ring is 1. The van der Waals surface area contributed by atoms with Crippen molar-refractivity contribution in [1.82, 2.24) is 34.7 Å². The van der Waals surface area contributed by atoms with Gasteiger partial charge in [-0.1, -0.05) is 13.3 Å². The number of halogens is 5. The number of nitrogens with zero attached hydrogens (tertiary/aromatic N) is 7. The average Bonchev–Trinajstić information content (AvgIpc) is 3.34. The number of carbonyl (C=O) groups is 1. The van der Waals surface area contributed by atoms with E-state index in [1.165, 1.54) is 36.2 Å². The Hall–Kier alpha value is -4.15. The molecule has 0 aliphatic carbocycles. The molecule has 3 aromatic heterocycles. The fraction of sp³-hybridized carbons (Fsp3) is 0.455. The summed E-state index contributed by atoms with van der Waals surface area (Å²) in [6.45, 7) is 1.85. The molecule has 1 unspecified atom stereocenters. The summed E-state index contributed by atoms with van der Waals surface area (Å²) in [5.74, 6) is -0.224. The molecule has 210 valence electrons. The van der Waals surface area contributed by atoms with Crippen LogP contribution >= 0.6 is 0 Å². The van der Waals surface area contributed by atoms with Gasteiger partial charge in [0.2, 0.25) is 5.91 Å². The molecule has 7 N–H and O–H groups in total. The van der Waals surface area contributed by atoms with E-state index in [9.17, 15) is 26.7 Å². The summed E-state index contributed by atoms with van der Waals surface area (Å²) in [5.41, 5.74) is 11.7. The lowest BCUT2D eigenvalue weighted by atomic mass is 9.75. The van der Waals surface area contributed by atoms with Crippen molar-refractivity contribution in [2.75, 3.05) is 18.1 Å². The normalized spacial score (nSPS) is 18.0. The Morgan fingerprint density at radius 1 is 1.21 bits per heavy atom. The van der Waals surface area contributed by atoms with Crippen LogP contribution in [0.2, 0.25) is 0 Å². The maximum absolute atomic E-state index is 13.6. The number of hydrogen-bond acceptors (Lipinski definition) is 10. The van der Waals surface area contributed by atoms with Crippen molar-refractivity contribution in [3.05, 3.63) is 29.5 Å². The molecule has 0 saturated carbocycles. The molecule has 39 heavy (non-hydrogen) atoms. The third kappa shape index (κ3) is 4.66. The van der Waals surface area contributed by atoms with E-state index in [0.29, 0.717) is 6.42 Å². The highest BCUT2D eigenvalue weighted by atomic mass is 19.4. The van der Waals surface area contributed by atoms with Crippen LogP contribution < -0.4 is 22.6 Å². The topological polar surface area (TPSA) is 180 Å². The number of hydrogen-bond donors (Lipinski definition) is 4. The molecule has 0 radical (unpaired) electrons. The number of hydrazine groups is 1. The van der Waals surface area contributed by atoms with Crippen molar-refractivity contribution < 1.29 is 26.7 Å². The Kier molecular flexibility index (Phi) is 6.82. The number of carbonyl (C=O) groups excluding carboxylic acids is 1. The molecule has 1 aliphatic heterocycles. The molecule has 4 heterocycles. The minimum Gasteiger partial charge on any atom is -0.400 e. The summed E-state index contributed by atoms with van der Waals surface area (Å²) in [6.07, 6.45) is -4.55. The third-order valence-corrected chi connectivity index (χ3v) is 6.37. The smallest absolute Gasteiger partial charge is 0.400 e. The van der Waals surface area contributed by atoms with Crippen molar-refractivity contribution in [1.29, 1.82) is 0 Å². The van der Waals surface area contributed by atoms with Gasteiger partial charge in [0, 0.05) is 38.8 Å². The zero-order valence-corrected chi connectivity index (χ0v) is 21.1.